The largest absolute Gasteiger partial charge is 0.474 e. The number of piperidine rings is 1. The summed E-state index contributed by atoms with van der Waals surface area (Å²) in [6, 6.07) is 18.2. The molecule has 2 fully saturated rings. The molecule has 1 N–H and O–H groups in total. The number of aromatic amines is 1. The second kappa shape index (κ2) is 11.8. The van der Waals surface area contributed by atoms with Crippen molar-refractivity contribution in [2.24, 2.45) is 0 Å². The van der Waals surface area contributed by atoms with Gasteiger partial charge in [-0.05, 0) is 62.1 Å². The van der Waals surface area contributed by atoms with Crippen LogP contribution in [0.2, 0.25) is 5.02 Å². The van der Waals surface area contributed by atoms with Gasteiger partial charge in [0.15, 0.2) is 0 Å². The van der Waals surface area contributed by atoms with Gasteiger partial charge in [-0.2, -0.15) is 10.1 Å². The van der Waals surface area contributed by atoms with E-state index in [-0.39, 0.29) is 12.2 Å². The van der Waals surface area contributed by atoms with Crippen molar-refractivity contribution in [1.29, 1.82) is 0 Å². The maximum absolute atomic E-state index is 6.31. The number of nitrogens with zero attached hydrogens (tertiary/aromatic N) is 6. The first-order chi connectivity index (χ1) is 20.6. The number of benzene rings is 2. The maximum Gasteiger partial charge on any atom is 0.216 e. The summed E-state index contributed by atoms with van der Waals surface area (Å²) >= 11 is 6.02. The molecule has 10 heteroatoms. The molecule has 0 radical (unpaired) electrons. The highest BCUT2D eigenvalue weighted by molar-refractivity contribution is 6.30. The lowest BCUT2D eigenvalue weighted by molar-refractivity contribution is -0.0592. The van der Waals surface area contributed by atoms with Crippen molar-refractivity contribution in [1.82, 2.24) is 34.6 Å². The van der Waals surface area contributed by atoms with Crippen LogP contribution in [0.25, 0.3) is 22.3 Å². The number of aryl methyl sites for hydroxylation is 1. The minimum absolute atomic E-state index is 0.127. The van der Waals surface area contributed by atoms with Gasteiger partial charge in [-0.15, -0.1) is 0 Å². The third kappa shape index (κ3) is 6.04. The van der Waals surface area contributed by atoms with E-state index in [2.05, 4.69) is 53.9 Å². The molecule has 1 atom stereocenters. The first kappa shape index (κ1) is 27.1. The number of nitrogens with one attached hydrogen (secondary N) is 1. The predicted octanol–water partition coefficient (Wildman–Crippen LogP) is 5.60. The van der Waals surface area contributed by atoms with E-state index in [1.165, 1.54) is 0 Å². The molecule has 0 saturated carbocycles. The van der Waals surface area contributed by atoms with Crippen molar-refractivity contribution in [2.45, 2.75) is 57.9 Å². The summed E-state index contributed by atoms with van der Waals surface area (Å²) in [6.07, 6.45) is 5.77. The minimum atomic E-state index is 0.127. The lowest BCUT2D eigenvalue weighted by atomic mass is 10.1. The number of ether oxygens (including phenoxy) is 2. The lowest BCUT2D eigenvalue weighted by Crippen LogP contribution is -2.39. The van der Waals surface area contributed by atoms with Crippen LogP contribution in [-0.2, 0) is 24.2 Å². The van der Waals surface area contributed by atoms with Gasteiger partial charge in [-0.25, -0.2) is 9.97 Å². The zero-order valence-corrected chi connectivity index (χ0v) is 24.4. The smallest absolute Gasteiger partial charge is 0.216 e. The molecule has 0 bridgehead atoms. The normalized spacial score (nSPS) is 17.9. The van der Waals surface area contributed by atoms with Crippen LogP contribution in [0.5, 0.6) is 5.88 Å². The summed E-state index contributed by atoms with van der Waals surface area (Å²) in [6.45, 7) is 6.35. The van der Waals surface area contributed by atoms with E-state index >= 15 is 0 Å². The number of hydrogen-bond donors (Lipinski definition) is 1. The Morgan fingerprint density at radius 2 is 1.86 bits per heavy atom. The zero-order chi connectivity index (χ0) is 28.5. The number of likely N-dealkylation sites (tertiary alicyclic amines) is 1. The van der Waals surface area contributed by atoms with Crippen LogP contribution < -0.4 is 4.74 Å². The average Bonchev–Trinajstić information content (AvgIpc) is 3.55. The topological polar surface area (TPSA) is 94.0 Å². The number of aromatic nitrogens is 6. The molecule has 5 aromatic rings. The number of rotatable bonds is 9. The average molecular weight is 584 g/mol. The first-order valence-corrected chi connectivity index (χ1v) is 15.0. The summed E-state index contributed by atoms with van der Waals surface area (Å²) in [5.41, 5.74) is 6.35. The van der Waals surface area contributed by atoms with E-state index in [4.69, 9.17) is 26.1 Å². The monoisotopic (exact) mass is 583 g/mol. The van der Waals surface area contributed by atoms with Crippen molar-refractivity contribution < 1.29 is 9.47 Å². The highest BCUT2D eigenvalue weighted by Crippen LogP contribution is 2.27. The molecule has 5 heterocycles. The summed E-state index contributed by atoms with van der Waals surface area (Å²) in [5, 5.41) is 8.14. The molecule has 2 aliphatic rings. The molecular weight excluding hydrogens is 550 g/mol. The molecule has 3 aromatic heterocycles. The Balaban J connectivity index is 1.01. The fourth-order valence-electron chi connectivity index (χ4n) is 5.75. The van der Waals surface area contributed by atoms with Crippen molar-refractivity contribution in [3.63, 3.8) is 0 Å². The number of H-pyrrole nitrogens is 1. The summed E-state index contributed by atoms with van der Waals surface area (Å²) in [5.74, 6) is 2.46. The lowest BCUT2D eigenvalue weighted by Gasteiger charge is -2.32. The first-order valence-electron chi connectivity index (χ1n) is 14.6. The van der Waals surface area contributed by atoms with Gasteiger partial charge in [-0.1, -0.05) is 29.8 Å². The van der Waals surface area contributed by atoms with Crippen molar-refractivity contribution in [2.75, 3.05) is 19.7 Å². The van der Waals surface area contributed by atoms with Crippen LogP contribution >= 0.6 is 11.6 Å². The third-order valence-electron chi connectivity index (χ3n) is 8.17. The molecule has 9 nitrogen and oxygen atoms in total. The highest BCUT2D eigenvalue weighted by Gasteiger charge is 2.26. The van der Waals surface area contributed by atoms with Crippen LogP contribution in [0.4, 0.5) is 0 Å². The van der Waals surface area contributed by atoms with E-state index in [0.29, 0.717) is 12.3 Å². The van der Waals surface area contributed by atoms with E-state index in [9.17, 15) is 0 Å². The van der Waals surface area contributed by atoms with E-state index in [1.807, 2.05) is 37.3 Å². The summed E-state index contributed by atoms with van der Waals surface area (Å²) in [7, 11) is 0. The Morgan fingerprint density at radius 3 is 2.60 bits per heavy atom. The molecule has 2 aromatic carbocycles. The molecule has 0 aliphatic carbocycles. The van der Waals surface area contributed by atoms with Gasteiger partial charge in [0.1, 0.15) is 17.8 Å². The number of halogens is 1. The Kier molecular flexibility index (Phi) is 7.63. The van der Waals surface area contributed by atoms with Gasteiger partial charge in [0.25, 0.3) is 0 Å². The van der Waals surface area contributed by atoms with Crippen LogP contribution in [0, 0.1) is 6.92 Å². The van der Waals surface area contributed by atoms with Gasteiger partial charge in [-0.3, -0.25) is 10.00 Å². The fraction of sp³-hybridized carbons (Fsp3) is 0.375. The van der Waals surface area contributed by atoms with E-state index in [1.54, 1.807) is 6.20 Å². The van der Waals surface area contributed by atoms with Gasteiger partial charge in [0.2, 0.25) is 5.88 Å². The summed E-state index contributed by atoms with van der Waals surface area (Å²) < 4.78 is 14.5. The van der Waals surface area contributed by atoms with Crippen LogP contribution in [-0.4, -0.2) is 66.5 Å². The standard InChI is InChI=1S/C32H34ClN7O2/c1-21-16-27(38-37-21)23-4-7-29-28(18-23)35-31(40(29)19-26-11-15-41-26)20-39-13-9-25(10-14-39)42-32-8-12-34-30(36-32)17-22-2-5-24(33)6-3-22/h2-8,12,16,18,25-26H,9-11,13-15,17,19-20H2,1H3,(H,37,38). The second-order valence-corrected chi connectivity index (χ2v) is 11.7. The van der Waals surface area contributed by atoms with E-state index in [0.717, 1.165) is 102 Å². The molecular formula is C32H34ClN7O2. The van der Waals surface area contributed by atoms with Gasteiger partial charge < -0.3 is 14.0 Å². The molecule has 0 spiro atoms. The molecule has 7 rings (SSSR count). The van der Waals surface area contributed by atoms with Crippen molar-refractivity contribution in [3.8, 4) is 17.1 Å². The zero-order valence-electron chi connectivity index (χ0n) is 23.7. The van der Waals surface area contributed by atoms with Crippen LogP contribution in [0.3, 0.4) is 0 Å². The maximum atomic E-state index is 6.31. The Hall–Kier alpha value is -3.79. The van der Waals surface area contributed by atoms with Gasteiger partial charge in [0, 0.05) is 49.0 Å². The molecule has 0 amide bonds. The van der Waals surface area contributed by atoms with Crippen molar-refractivity contribution >= 4 is 22.6 Å². The molecule has 42 heavy (non-hydrogen) atoms. The predicted molar refractivity (Wildman–Crippen MR) is 162 cm³/mol. The minimum Gasteiger partial charge on any atom is -0.474 e. The highest BCUT2D eigenvalue weighted by atomic mass is 35.5. The van der Waals surface area contributed by atoms with Gasteiger partial charge >= 0.3 is 0 Å². The molecule has 1 unspecified atom stereocenters. The Bertz CT molecular complexity index is 1670. The Labute approximate surface area is 249 Å². The number of imidazole rings is 1. The van der Waals surface area contributed by atoms with E-state index < -0.39 is 0 Å². The molecule has 2 aliphatic heterocycles. The fourth-order valence-corrected chi connectivity index (χ4v) is 5.87. The summed E-state index contributed by atoms with van der Waals surface area (Å²) in [4.78, 5) is 16.7. The third-order valence-corrected chi connectivity index (χ3v) is 8.42. The van der Waals surface area contributed by atoms with Crippen LogP contribution in [0.1, 0.15) is 42.2 Å². The molecule has 216 valence electrons. The number of fused-ring (bicyclic) bond motifs is 1. The Morgan fingerprint density at radius 1 is 1.02 bits per heavy atom. The second-order valence-electron chi connectivity index (χ2n) is 11.3. The number of hydrogen-bond acceptors (Lipinski definition) is 7. The van der Waals surface area contributed by atoms with Crippen LogP contribution in [0.15, 0.2) is 60.8 Å². The van der Waals surface area contributed by atoms with Crippen molar-refractivity contribution in [3.05, 3.63) is 88.7 Å². The van der Waals surface area contributed by atoms with Gasteiger partial charge in [0.05, 0.1) is 41.6 Å². The molecule has 2 saturated heterocycles. The quantitative estimate of drug-likeness (QED) is 0.241. The SMILES string of the molecule is Cc1cc(-c2ccc3c(c2)nc(CN2CCC(Oc4ccnc(Cc5ccc(Cl)cc5)n4)CC2)n3CC2CCO2)[nH]n1.